The number of piperidine rings is 2. The van der Waals surface area contributed by atoms with Gasteiger partial charge < -0.3 is 29.2 Å². The van der Waals surface area contributed by atoms with Crippen molar-refractivity contribution in [2.45, 2.75) is 116 Å². The predicted octanol–water partition coefficient (Wildman–Crippen LogP) is 6.13. The molecule has 0 spiro atoms. The van der Waals surface area contributed by atoms with Crippen LogP contribution in [0.2, 0.25) is 0 Å². The Kier molecular flexibility index (Phi) is 10.4. The fraction of sp³-hybridized carbons (Fsp3) is 0.520. The Morgan fingerprint density at radius 3 is 2.23 bits per heavy atom. The third-order valence-electron chi connectivity index (χ3n) is 14.2. The Labute approximate surface area is 389 Å². The van der Waals surface area contributed by atoms with E-state index in [2.05, 4.69) is 34.3 Å². The molecule has 5 aliphatic rings. The molecule has 65 heavy (non-hydrogen) atoms. The molecule has 0 radical (unpaired) electrons. The summed E-state index contributed by atoms with van der Waals surface area (Å²) < 4.78 is 68.6. The van der Waals surface area contributed by atoms with Crippen LogP contribution < -0.4 is 34.5 Å². The fourth-order valence-electron chi connectivity index (χ4n) is 11.0. The Bertz CT molecular complexity index is 2620. The Morgan fingerprint density at radius 2 is 1.58 bits per heavy atom. The molecule has 4 fully saturated rings. The highest BCUT2D eigenvalue weighted by Gasteiger charge is 2.64. The number of hydrogen-bond donors (Lipinski definition) is 2. The van der Waals surface area contributed by atoms with E-state index in [0.717, 1.165) is 43.1 Å². The van der Waals surface area contributed by atoms with E-state index in [4.69, 9.17) is 27.2 Å². The molecule has 3 aromatic rings. The van der Waals surface area contributed by atoms with Crippen molar-refractivity contribution in [3.8, 4) is 29.1 Å². The summed E-state index contributed by atoms with van der Waals surface area (Å²) in [7, 11) is -5.68. The van der Waals surface area contributed by atoms with E-state index in [0.29, 0.717) is 30.1 Å². The van der Waals surface area contributed by atoms with Crippen molar-refractivity contribution in [3.63, 3.8) is 0 Å². The summed E-state index contributed by atoms with van der Waals surface area (Å²) in [5, 5.41) is 14.9. The normalized spacial score (nSPS) is 26.5. The molecule has 1 atom stereocenters. The number of rotatable bonds is 14. The molecule has 0 bridgehead atoms. The third-order valence-corrected chi connectivity index (χ3v) is 14.2. The van der Waals surface area contributed by atoms with Gasteiger partial charge >= 0.3 is 0 Å². The molecule has 3 aliphatic heterocycles. The summed E-state index contributed by atoms with van der Waals surface area (Å²) in [5.74, 6) is -2.61. The predicted molar refractivity (Wildman–Crippen MR) is 241 cm³/mol. The van der Waals surface area contributed by atoms with Gasteiger partial charge in [-0.3, -0.25) is 39.1 Å². The summed E-state index contributed by atoms with van der Waals surface area (Å²) in [5.41, 5.74) is 0.245. The molecule has 344 valence electrons. The summed E-state index contributed by atoms with van der Waals surface area (Å²) in [6.07, 6.45) is 2.62. The summed E-state index contributed by atoms with van der Waals surface area (Å²) in [4.78, 5) is 70.9. The van der Waals surface area contributed by atoms with Gasteiger partial charge in [0.1, 0.15) is 47.3 Å². The molecule has 2 saturated carbocycles. The highest BCUT2D eigenvalue weighted by molar-refractivity contribution is 6.24. The summed E-state index contributed by atoms with van der Waals surface area (Å²) in [6.45, 7) is 15.0. The van der Waals surface area contributed by atoms with E-state index in [-0.39, 0.29) is 83.0 Å². The number of nitrogens with zero attached hydrogens (tertiary/aromatic N) is 4. The van der Waals surface area contributed by atoms with Gasteiger partial charge in [-0.25, -0.2) is 0 Å². The molecule has 15 nitrogen and oxygen atoms in total. The molecule has 5 amide bonds. The number of imide groups is 2. The maximum Gasteiger partial charge on any atom is 0.266 e. The van der Waals surface area contributed by atoms with E-state index in [1.54, 1.807) is 6.07 Å². The second-order valence-corrected chi connectivity index (χ2v) is 19.4. The first-order valence-corrected chi connectivity index (χ1v) is 22.3. The molecule has 8 rings (SSSR count). The van der Waals surface area contributed by atoms with Gasteiger partial charge in [-0.05, 0) is 81.5 Å². The topological polar surface area (TPSA) is 180 Å². The first kappa shape index (κ1) is 38.2. The van der Waals surface area contributed by atoms with Crippen LogP contribution >= 0.6 is 0 Å². The van der Waals surface area contributed by atoms with Crippen LogP contribution in [-0.2, 0) is 9.59 Å². The molecular formula is C50H60N6O9. The van der Waals surface area contributed by atoms with Gasteiger partial charge in [0.2, 0.25) is 11.8 Å². The maximum atomic E-state index is 13.7. The first-order valence-electron chi connectivity index (χ1n) is 25.3. The zero-order valence-corrected chi connectivity index (χ0v) is 37.6. The van der Waals surface area contributed by atoms with Crippen LogP contribution in [-0.4, -0.2) is 109 Å². The smallest absolute Gasteiger partial charge is 0.266 e. The number of carbonyl (C=O) groups is 5. The van der Waals surface area contributed by atoms with Crippen LogP contribution in [0.4, 0.5) is 5.69 Å². The molecule has 3 aromatic carbocycles. The van der Waals surface area contributed by atoms with Gasteiger partial charge in [0.25, 0.3) is 17.7 Å². The minimum atomic E-state index is -2.94. The molecule has 2 N–H and O–H groups in total. The number of nitrogens with one attached hydrogen (secondary N) is 2. The molecular weight excluding hydrogens is 829 g/mol. The number of anilines is 1. The quantitative estimate of drug-likeness (QED) is 0.177. The number of ether oxygens (including phenoxy) is 4. The first-order chi connectivity index (χ1) is 33.2. The third kappa shape index (κ3) is 8.49. The van der Waals surface area contributed by atoms with Crippen molar-refractivity contribution < 1.29 is 51.1 Å². The maximum absolute atomic E-state index is 13.7. The largest absolute Gasteiger partial charge is 0.496 e. The van der Waals surface area contributed by atoms with Crippen LogP contribution in [0.15, 0.2) is 54.6 Å². The van der Waals surface area contributed by atoms with E-state index < -0.39 is 54.6 Å². The summed E-state index contributed by atoms with van der Waals surface area (Å²) in [6, 6.07) is 15.8. The van der Waals surface area contributed by atoms with E-state index in [1.807, 2.05) is 58.0 Å². The second-order valence-electron chi connectivity index (χ2n) is 19.4. The standard InChI is InChI=1S/C50H60N6O9/c1-28(2)55(33-21-35(22-33)64-36-23-37-42(40(25-36)63-8)46(61)56(45(37)60)38-15-16-41(57)52-44(38)59)27-29-17-19-54(20-18-29)32-12-9-30(10-13-32)43(58)53-47-49(3,4)48(50(47,5)6)65-34-14-11-31(26-51)39(24-34)62-7/h9-14,23-25,28-29,33,35,38,47-48H,15-22,27H2,1-8H3,(H,53,58)(H,52,57,59)/t33?,35?,38-,47?,48?/m1/s1/i7D3,8D3. The Morgan fingerprint density at radius 1 is 0.908 bits per heavy atom. The average Bonchev–Trinajstić information content (AvgIpc) is 3.52. The van der Waals surface area contributed by atoms with Gasteiger partial charge in [0.15, 0.2) is 0 Å². The average molecular weight is 895 g/mol. The zero-order chi connectivity index (χ0) is 51.5. The highest BCUT2D eigenvalue weighted by atomic mass is 16.5. The lowest BCUT2D eigenvalue weighted by Crippen LogP contribution is -2.74. The lowest BCUT2D eigenvalue weighted by atomic mass is 9.49. The van der Waals surface area contributed by atoms with Crippen LogP contribution in [0.1, 0.15) is 125 Å². The van der Waals surface area contributed by atoms with Gasteiger partial charge in [-0.1, -0.05) is 27.7 Å². The number of carbonyl (C=O) groups excluding carboxylic acids is 5. The minimum Gasteiger partial charge on any atom is -0.496 e. The molecule has 0 aromatic heterocycles. The molecule has 0 unspecified atom stereocenters. The zero-order valence-electron chi connectivity index (χ0n) is 43.6. The van der Waals surface area contributed by atoms with Crippen molar-refractivity contribution in [1.29, 1.82) is 5.26 Å². The summed E-state index contributed by atoms with van der Waals surface area (Å²) >= 11 is 0. The number of fused-ring (bicyclic) bond motifs is 1. The highest BCUT2D eigenvalue weighted by Crippen LogP contribution is 2.56. The van der Waals surface area contributed by atoms with Crippen molar-refractivity contribution >= 4 is 35.2 Å². The lowest BCUT2D eigenvalue weighted by Gasteiger charge is -2.63. The number of hydrogen-bond acceptors (Lipinski definition) is 12. The van der Waals surface area contributed by atoms with Gasteiger partial charge in [0, 0.05) is 91.2 Å². The second kappa shape index (κ2) is 17.7. The van der Waals surface area contributed by atoms with Crippen LogP contribution in [0, 0.1) is 28.1 Å². The minimum absolute atomic E-state index is 0.0521. The Balaban J connectivity index is 0.827. The van der Waals surface area contributed by atoms with Gasteiger partial charge in [-0.15, -0.1) is 0 Å². The van der Waals surface area contributed by atoms with Gasteiger partial charge in [-0.2, -0.15) is 5.26 Å². The van der Waals surface area contributed by atoms with Crippen LogP contribution in [0.3, 0.4) is 0 Å². The monoisotopic (exact) mass is 894 g/mol. The van der Waals surface area contributed by atoms with E-state index in [9.17, 15) is 29.2 Å². The van der Waals surface area contributed by atoms with E-state index in [1.165, 1.54) is 24.3 Å². The van der Waals surface area contributed by atoms with Crippen LogP contribution in [0.25, 0.3) is 0 Å². The Hall–Kier alpha value is -6.14. The number of benzene rings is 3. The van der Waals surface area contributed by atoms with Crippen molar-refractivity contribution in [2.75, 3.05) is 38.6 Å². The SMILES string of the molecule is [2H]C([2H])([2H])Oc1cc(OC2C(C)(C)C(NC(=O)c3ccc(N4CCC(CN(C(C)C)C5CC(Oc6cc(OC([2H])([2H])[2H])c7c(c6)C(=O)N([C@@H]6CCC(=O)NC6=O)C7=O)C5)CC4)cc3)C2(C)C)ccc1C#N. The number of nitriles is 1. The van der Waals surface area contributed by atoms with E-state index >= 15 is 0 Å². The van der Waals surface area contributed by atoms with Crippen molar-refractivity contribution in [1.82, 2.24) is 20.4 Å². The number of amides is 5. The van der Waals surface area contributed by atoms with Crippen molar-refractivity contribution in [3.05, 3.63) is 76.9 Å². The molecule has 2 saturated heterocycles. The number of methoxy groups -OCH3 is 2. The molecule has 3 heterocycles. The lowest BCUT2D eigenvalue weighted by molar-refractivity contribution is -0.164. The fourth-order valence-corrected chi connectivity index (χ4v) is 11.0. The van der Waals surface area contributed by atoms with Crippen LogP contribution in [0.5, 0.6) is 23.0 Å². The van der Waals surface area contributed by atoms with Gasteiger partial charge in [0.05, 0.1) is 39.0 Å². The molecule has 15 heteroatoms. The van der Waals surface area contributed by atoms with Crippen molar-refractivity contribution in [2.24, 2.45) is 16.7 Å². The molecule has 2 aliphatic carbocycles.